The molecule has 4 nitrogen and oxygen atoms in total. The summed E-state index contributed by atoms with van der Waals surface area (Å²) in [6, 6.07) is 6.66. The van der Waals surface area contributed by atoms with Gasteiger partial charge in [0.15, 0.2) is 0 Å². The summed E-state index contributed by atoms with van der Waals surface area (Å²) in [6.45, 7) is 5.66. The maximum absolute atomic E-state index is 13.1. The Labute approximate surface area is 150 Å². The van der Waals surface area contributed by atoms with Crippen molar-refractivity contribution in [3.05, 3.63) is 30.1 Å². The summed E-state index contributed by atoms with van der Waals surface area (Å²) < 4.78 is 13.1. The predicted molar refractivity (Wildman–Crippen MR) is 99.3 cm³/mol. The molecule has 0 spiro atoms. The van der Waals surface area contributed by atoms with Crippen molar-refractivity contribution in [2.75, 3.05) is 51.2 Å². The molecule has 1 atom stereocenters. The van der Waals surface area contributed by atoms with Crippen molar-refractivity contribution >= 4 is 11.6 Å². The van der Waals surface area contributed by atoms with Crippen LogP contribution in [0, 0.1) is 11.7 Å². The number of nitrogens with zero attached hydrogens (tertiary/aromatic N) is 3. The van der Waals surface area contributed by atoms with Gasteiger partial charge in [0.2, 0.25) is 5.91 Å². The Morgan fingerprint density at radius 1 is 1.08 bits per heavy atom. The van der Waals surface area contributed by atoms with Gasteiger partial charge in [-0.15, -0.1) is 0 Å². The number of carbonyl (C=O) groups excluding carboxylic acids is 1. The van der Waals surface area contributed by atoms with Gasteiger partial charge in [-0.05, 0) is 69.5 Å². The molecule has 0 unspecified atom stereocenters. The van der Waals surface area contributed by atoms with Crippen LogP contribution in [0.25, 0.3) is 0 Å². The molecule has 1 aromatic carbocycles. The van der Waals surface area contributed by atoms with E-state index in [1.807, 2.05) is 17.0 Å². The Kier molecular flexibility index (Phi) is 6.29. The van der Waals surface area contributed by atoms with Crippen LogP contribution in [-0.2, 0) is 4.79 Å². The lowest BCUT2D eigenvalue weighted by Crippen LogP contribution is -2.36. The number of halogens is 1. The molecule has 138 valence electrons. The Bertz CT molecular complexity index is 563. The summed E-state index contributed by atoms with van der Waals surface area (Å²) in [5.41, 5.74) is 1.04. The minimum absolute atomic E-state index is 0.205. The van der Waals surface area contributed by atoms with E-state index in [1.54, 1.807) is 0 Å². The number of piperidine rings is 1. The summed E-state index contributed by atoms with van der Waals surface area (Å²) in [7, 11) is 2.17. The van der Waals surface area contributed by atoms with Crippen molar-refractivity contribution in [2.45, 2.75) is 32.1 Å². The van der Waals surface area contributed by atoms with Gasteiger partial charge in [-0.1, -0.05) is 0 Å². The lowest BCUT2D eigenvalue weighted by Gasteiger charge is -2.30. The smallest absolute Gasteiger partial charge is 0.222 e. The monoisotopic (exact) mass is 347 g/mol. The molecular formula is C20H30FN3O. The summed E-state index contributed by atoms with van der Waals surface area (Å²) in [5.74, 6) is 0.767. The SMILES string of the molecule is CN1CCC[C@H](CCC(=O)N2CCCN(c3ccc(F)cc3)CC2)C1. The van der Waals surface area contributed by atoms with Gasteiger partial charge in [0, 0.05) is 44.8 Å². The highest BCUT2D eigenvalue weighted by Gasteiger charge is 2.22. The van der Waals surface area contributed by atoms with Crippen LogP contribution in [0.1, 0.15) is 32.1 Å². The van der Waals surface area contributed by atoms with Crippen LogP contribution in [0.3, 0.4) is 0 Å². The van der Waals surface area contributed by atoms with Crippen molar-refractivity contribution in [1.82, 2.24) is 9.80 Å². The van der Waals surface area contributed by atoms with Gasteiger partial charge >= 0.3 is 0 Å². The highest BCUT2D eigenvalue weighted by molar-refractivity contribution is 5.76. The lowest BCUT2D eigenvalue weighted by atomic mass is 9.93. The molecule has 1 amide bonds. The summed E-state index contributed by atoms with van der Waals surface area (Å²) in [4.78, 5) is 19.3. The van der Waals surface area contributed by atoms with Crippen LogP contribution in [0.2, 0.25) is 0 Å². The first-order valence-corrected chi connectivity index (χ1v) is 9.58. The van der Waals surface area contributed by atoms with E-state index >= 15 is 0 Å². The van der Waals surface area contributed by atoms with Crippen LogP contribution in [-0.4, -0.2) is 62.0 Å². The molecule has 0 radical (unpaired) electrons. The third-order valence-corrected chi connectivity index (χ3v) is 5.53. The van der Waals surface area contributed by atoms with Gasteiger partial charge in [0.25, 0.3) is 0 Å². The molecule has 0 aromatic heterocycles. The molecule has 0 saturated carbocycles. The lowest BCUT2D eigenvalue weighted by molar-refractivity contribution is -0.131. The van der Waals surface area contributed by atoms with Crippen molar-refractivity contribution in [3.8, 4) is 0 Å². The van der Waals surface area contributed by atoms with Crippen molar-refractivity contribution in [3.63, 3.8) is 0 Å². The fourth-order valence-corrected chi connectivity index (χ4v) is 4.07. The number of likely N-dealkylation sites (tertiary alicyclic amines) is 1. The molecular weight excluding hydrogens is 317 g/mol. The highest BCUT2D eigenvalue weighted by Crippen LogP contribution is 2.21. The summed E-state index contributed by atoms with van der Waals surface area (Å²) in [5, 5.41) is 0. The van der Waals surface area contributed by atoms with E-state index in [0.717, 1.165) is 51.3 Å². The molecule has 2 fully saturated rings. The van der Waals surface area contributed by atoms with E-state index < -0.39 is 0 Å². The fourth-order valence-electron chi connectivity index (χ4n) is 4.07. The molecule has 25 heavy (non-hydrogen) atoms. The fraction of sp³-hybridized carbons (Fsp3) is 0.650. The molecule has 0 aliphatic carbocycles. The zero-order chi connectivity index (χ0) is 17.6. The van der Waals surface area contributed by atoms with Crippen molar-refractivity contribution < 1.29 is 9.18 Å². The zero-order valence-electron chi connectivity index (χ0n) is 15.3. The molecule has 1 aromatic rings. The third kappa shape index (κ3) is 5.18. The first-order valence-electron chi connectivity index (χ1n) is 9.58. The molecule has 0 bridgehead atoms. The summed E-state index contributed by atoms with van der Waals surface area (Å²) >= 11 is 0. The second-order valence-corrected chi connectivity index (χ2v) is 7.51. The second kappa shape index (κ2) is 8.65. The molecule has 2 aliphatic heterocycles. The number of hydrogen-bond donors (Lipinski definition) is 0. The molecule has 2 saturated heterocycles. The zero-order valence-corrected chi connectivity index (χ0v) is 15.3. The van der Waals surface area contributed by atoms with Crippen LogP contribution >= 0.6 is 0 Å². The maximum Gasteiger partial charge on any atom is 0.222 e. The van der Waals surface area contributed by atoms with E-state index in [9.17, 15) is 9.18 Å². The Morgan fingerprint density at radius 3 is 2.64 bits per heavy atom. The number of hydrogen-bond acceptors (Lipinski definition) is 3. The van der Waals surface area contributed by atoms with Crippen LogP contribution in [0.4, 0.5) is 10.1 Å². The van der Waals surface area contributed by atoms with E-state index in [-0.39, 0.29) is 5.82 Å². The molecule has 2 aliphatic rings. The van der Waals surface area contributed by atoms with Gasteiger partial charge < -0.3 is 14.7 Å². The normalized spacial score (nSPS) is 22.7. The van der Waals surface area contributed by atoms with Crippen LogP contribution in [0.5, 0.6) is 0 Å². The van der Waals surface area contributed by atoms with Gasteiger partial charge in [0.05, 0.1) is 0 Å². The molecule has 2 heterocycles. The highest BCUT2D eigenvalue weighted by atomic mass is 19.1. The van der Waals surface area contributed by atoms with Crippen LogP contribution < -0.4 is 4.90 Å². The predicted octanol–water partition coefficient (Wildman–Crippen LogP) is 2.99. The minimum Gasteiger partial charge on any atom is -0.370 e. The number of anilines is 1. The Hall–Kier alpha value is -1.62. The topological polar surface area (TPSA) is 26.8 Å². The summed E-state index contributed by atoms with van der Waals surface area (Å²) in [6.07, 6.45) is 5.17. The van der Waals surface area contributed by atoms with Crippen molar-refractivity contribution in [1.29, 1.82) is 0 Å². The van der Waals surface area contributed by atoms with Gasteiger partial charge in [-0.2, -0.15) is 0 Å². The maximum atomic E-state index is 13.1. The minimum atomic E-state index is -0.205. The average Bonchev–Trinajstić information content (AvgIpc) is 2.87. The van der Waals surface area contributed by atoms with Gasteiger partial charge in [-0.25, -0.2) is 4.39 Å². The quantitative estimate of drug-likeness (QED) is 0.838. The molecule has 0 N–H and O–H groups in total. The standard InChI is InChI=1S/C20H30FN3O/c1-22-11-2-4-17(16-22)5-10-20(25)24-13-3-12-23(14-15-24)19-8-6-18(21)7-9-19/h6-9,17H,2-5,10-16H2,1H3/t17-/m1/s1. The van der Waals surface area contributed by atoms with E-state index in [0.29, 0.717) is 18.2 Å². The number of carbonyl (C=O) groups is 1. The van der Waals surface area contributed by atoms with Gasteiger partial charge in [-0.3, -0.25) is 4.79 Å². The van der Waals surface area contributed by atoms with Crippen LogP contribution in [0.15, 0.2) is 24.3 Å². The average molecular weight is 347 g/mol. The van der Waals surface area contributed by atoms with E-state index in [1.165, 1.54) is 31.5 Å². The number of amides is 1. The van der Waals surface area contributed by atoms with Crippen molar-refractivity contribution in [2.24, 2.45) is 5.92 Å². The second-order valence-electron chi connectivity index (χ2n) is 7.51. The van der Waals surface area contributed by atoms with Gasteiger partial charge in [0.1, 0.15) is 5.82 Å². The Morgan fingerprint density at radius 2 is 1.88 bits per heavy atom. The molecule has 5 heteroatoms. The Balaban J connectivity index is 1.47. The van der Waals surface area contributed by atoms with E-state index in [4.69, 9.17) is 0 Å². The first-order chi connectivity index (χ1) is 12.1. The first kappa shape index (κ1) is 18.2. The largest absolute Gasteiger partial charge is 0.370 e. The number of benzene rings is 1. The third-order valence-electron chi connectivity index (χ3n) is 5.53. The molecule has 3 rings (SSSR count). The number of rotatable bonds is 4. The van der Waals surface area contributed by atoms with E-state index in [2.05, 4.69) is 16.8 Å².